The van der Waals surface area contributed by atoms with Gasteiger partial charge in [-0.1, -0.05) is 38.1 Å². The van der Waals surface area contributed by atoms with Crippen molar-refractivity contribution in [2.75, 3.05) is 26.4 Å². The van der Waals surface area contributed by atoms with Crippen LogP contribution in [0.25, 0.3) is 0 Å². The second-order valence-corrected chi connectivity index (χ2v) is 10.6. The van der Waals surface area contributed by atoms with Crippen LogP contribution in [-0.4, -0.2) is 26.4 Å². The molecule has 4 aromatic carbocycles. The van der Waals surface area contributed by atoms with Crippen LogP contribution < -0.4 is 28.4 Å². The predicted molar refractivity (Wildman–Crippen MR) is 171 cm³/mol. The van der Waals surface area contributed by atoms with E-state index in [0.717, 1.165) is 45.6 Å². The molecule has 0 atom stereocenters. The van der Waals surface area contributed by atoms with Gasteiger partial charge in [-0.25, -0.2) is 0 Å². The van der Waals surface area contributed by atoms with E-state index in [2.05, 4.69) is 38.1 Å². The lowest BCUT2D eigenvalue weighted by Gasteiger charge is -2.26. The SMILES string of the molecule is CCOc1cc(COc2ccc(C(C)(C)c3ccc(OCc4cc(OCC)cc(OCC)c4)cc3)cc2)cc(OCC)c1. The van der Waals surface area contributed by atoms with E-state index in [1.807, 2.05) is 88.4 Å². The maximum absolute atomic E-state index is 6.11. The van der Waals surface area contributed by atoms with Crippen molar-refractivity contribution in [3.63, 3.8) is 0 Å². The molecule has 0 fully saturated rings. The molecule has 0 saturated heterocycles. The highest BCUT2D eigenvalue weighted by Gasteiger charge is 2.23. The second-order valence-electron chi connectivity index (χ2n) is 10.6. The molecule has 4 rings (SSSR count). The third-order valence-electron chi connectivity index (χ3n) is 7.09. The van der Waals surface area contributed by atoms with E-state index >= 15 is 0 Å². The molecule has 0 unspecified atom stereocenters. The molecule has 0 saturated carbocycles. The fourth-order valence-electron chi connectivity index (χ4n) is 4.86. The Kier molecular flexibility index (Phi) is 11.2. The van der Waals surface area contributed by atoms with Crippen molar-refractivity contribution in [1.29, 1.82) is 0 Å². The van der Waals surface area contributed by atoms with Crippen molar-refractivity contribution in [3.8, 4) is 34.5 Å². The predicted octanol–water partition coefficient (Wildman–Crippen LogP) is 8.77. The van der Waals surface area contributed by atoms with Gasteiger partial charge in [0.15, 0.2) is 0 Å². The highest BCUT2D eigenvalue weighted by Crippen LogP contribution is 2.34. The molecule has 0 amide bonds. The van der Waals surface area contributed by atoms with Crippen molar-refractivity contribution in [2.45, 2.75) is 60.2 Å². The number of benzene rings is 4. The van der Waals surface area contributed by atoms with Crippen LogP contribution in [0.15, 0.2) is 84.9 Å². The second kappa shape index (κ2) is 15.2. The highest BCUT2D eigenvalue weighted by molar-refractivity contribution is 5.43. The molecule has 6 nitrogen and oxygen atoms in total. The van der Waals surface area contributed by atoms with Crippen LogP contribution in [-0.2, 0) is 18.6 Å². The van der Waals surface area contributed by atoms with E-state index in [0.29, 0.717) is 39.6 Å². The van der Waals surface area contributed by atoms with E-state index in [-0.39, 0.29) is 5.41 Å². The van der Waals surface area contributed by atoms with Gasteiger partial charge in [0, 0.05) is 17.5 Å². The first-order chi connectivity index (χ1) is 20.8. The Morgan fingerprint density at radius 1 is 0.395 bits per heavy atom. The first kappa shape index (κ1) is 31.6. The summed E-state index contributed by atoms with van der Waals surface area (Å²) in [7, 11) is 0. The Hall–Kier alpha value is -4.32. The minimum atomic E-state index is -0.201. The zero-order chi connectivity index (χ0) is 30.7. The summed E-state index contributed by atoms with van der Waals surface area (Å²) in [4.78, 5) is 0. The van der Waals surface area contributed by atoms with Crippen LogP contribution in [0.2, 0.25) is 0 Å². The normalized spacial score (nSPS) is 11.1. The van der Waals surface area contributed by atoms with Crippen LogP contribution in [0.1, 0.15) is 63.8 Å². The summed E-state index contributed by atoms with van der Waals surface area (Å²) in [6, 6.07) is 28.4. The average Bonchev–Trinajstić information content (AvgIpc) is 3.00. The lowest BCUT2D eigenvalue weighted by atomic mass is 9.78. The van der Waals surface area contributed by atoms with Crippen molar-refractivity contribution in [1.82, 2.24) is 0 Å². The van der Waals surface area contributed by atoms with Gasteiger partial charge in [0.1, 0.15) is 47.7 Å². The average molecular weight is 585 g/mol. The Balaban J connectivity index is 1.38. The highest BCUT2D eigenvalue weighted by atomic mass is 16.5. The molecule has 0 aliphatic heterocycles. The summed E-state index contributed by atoms with van der Waals surface area (Å²) in [5.74, 6) is 4.76. The van der Waals surface area contributed by atoms with E-state index in [4.69, 9.17) is 28.4 Å². The maximum atomic E-state index is 6.11. The van der Waals surface area contributed by atoms with Crippen molar-refractivity contribution < 1.29 is 28.4 Å². The lowest BCUT2D eigenvalue weighted by molar-refractivity contribution is 0.297. The van der Waals surface area contributed by atoms with Gasteiger partial charge in [-0.05, 0) is 98.5 Å². The van der Waals surface area contributed by atoms with Gasteiger partial charge in [0.2, 0.25) is 0 Å². The molecule has 0 radical (unpaired) electrons. The van der Waals surface area contributed by atoms with Crippen LogP contribution in [0, 0.1) is 0 Å². The van der Waals surface area contributed by atoms with Gasteiger partial charge in [-0.15, -0.1) is 0 Å². The molecule has 0 spiro atoms. The molecule has 6 heteroatoms. The summed E-state index contributed by atoms with van der Waals surface area (Å²) in [5, 5.41) is 0. The summed E-state index contributed by atoms with van der Waals surface area (Å²) in [5.41, 5.74) is 4.19. The van der Waals surface area contributed by atoms with Gasteiger partial charge < -0.3 is 28.4 Å². The number of hydrogen-bond acceptors (Lipinski definition) is 6. The minimum Gasteiger partial charge on any atom is -0.494 e. The van der Waals surface area contributed by atoms with Crippen molar-refractivity contribution >= 4 is 0 Å². The summed E-state index contributed by atoms with van der Waals surface area (Å²) < 4.78 is 35.0. The zero-order valence-electron chi connectivity index (χ0n) is 26.3. The monoisotopic (exact) mass is 584 g/mol. The van der Waals surface area contributed by atoms with Gasteiger partial charge >= 0.3 is 0 Å². The summed E-state index contributed by atoms with van der Waals surface area (Å²) in [6.45, 7) is 15.6. The third-order valence-corrected chi connectivity index (χ3v) is 7.09. The van der Waals surface area contributed by atoms with Crippen LogP contribution in [0.3, 0.4) is 0 Å². The van der Waals surface area contributed by atoms with E-state index in [1.165, 1.54) is 11.1 Å². The number of hydrogen-bond donors (Lipinski definition) is 0. The summed E-state index contributed by atoms with van der Waals surface area (Å²) in [6.07, 6.45) is 0. The van der Waals surface area contributed by atoms with E-state index in [1.54, 1.807) is 0 Å². The number of ether oxygens (including phenoxy) is 6. The largest absolute Gasteiger partial charge is 0.494 e. The van der Waals surface area contributed by atoms with Gasteiger partial charge in [-0.3, -0.25) is 0 Å². The number of rotatable bonds is 16. The third kappa shape index (κ3) is 8.84. The van der Waals surface area contributed by atoms with Gasteiger partial charge in [-0.2, -0.15) is 0 Å². The lowest BCUT2D eigenvalue weighted by Crippen LogP contribution is -2.18. The Bertz CT molecular complexity index is 1270. The van der Waals surface area contributed by atoms with Crippen LogP contribution >= 0.6 is 0 Å². The summed E-state index contributed by atoms with van der Waals surface area (Å²) >= 11 is 0. The molecule has 0 aliphatic rings. The van der Waals surface area contributed by atoms with E-state index in [9.17, 15) is 0 Å². The molecule has 43 heavy (non-hydrogen) atoms. The van der Waals surface area contributed by atoms with Crippen molar-refractivity contribution in [3.05, 3.63) is 107 Å². The zero-order valence-corrected chi connectivity index (χ0v) is 26.3. The fourth-order valence-corrected chi connectivity index (χ4v) is 4.86. The Labute approximate surface area is 256 Å². The Morgan fingerprint density at radius 3 is 0.977 bits per heavy atom. The molecule has 0 heterocycles. The molecule has 228 valence electrons. The molecule has 0 aliphatic carbocycles. The van der Waals surface area contributed by atoms with Crippen LogP contribution in [0.4, 0.5) is 0 Å². The van der Waals surface area contributed by atoms with Gasteiger partial charge in [0.05, 0.1) is 26.4 Å². The first-order valence-electron chi connectivity index (χ1n) is 15.1. The van der Waals surface area contributed by atoms with Gasteiger partial charge in [0.25, 0.3) is 0 Å². The van der Waals surface area contributed by atoms with Crippen molar-refractivity contribution in [2.24, 2.45) is 0 Å². The smallest absolute Gasteiger partial charge is 0.123 e. The molecular formula is C37H44O6. The molecular weight excluding hydrogens is 540 g/mol. The maximum Gasteiger partial charge on any atom is 0.123 e. The van der Waals surface area contributed by atoms with E-state index < -0.39 is 0 Å². The molecule has 0 bridgehead atoms. The Morgan fingerprint density at radius 2 is 0.698 bits per heavy atom. The molecule has 0 aromatic heterocycles. The quantitative estimate of drug-likeness (QED) is 0.131. The minimum absolute atomic E-state index is 0.201. The topological polar surface area (TPSA) is 55.4 Å². The standard InChI is InChI=1S/C37H44O6/c1-7-38-33-19-27(20-34(23-33)39-8-2)25-42-31-15-11-29(12-16-31)37(5,6)30-13-17-32(18-14-30)43-26-28-21-35(40-9-3)24-36(22-28)41-10-4/h11-24H,7-10,25-26H2,1-6H3. The molecule has 4 aromatic rings. The molecule has 0 N–H and O–H groups in total. The fraction of sp³-hybridized carbons (Fsp3) is 0.351. The first-order valence-corrected chi connectivity index (χ1v) is 15.1. The van der Waals surface area contributed by atoms with Crippen LogP contribution in [0.5, 0.6) is 34.5 Å².